The number of carbonyl (C=O) groups is 1. The Labute approximate surface area is 127 Å². The first kappa shape index (κ1) is 15.0. The third-order valence-corrected chi connectivity index (χ3v) is 4.70. The maximum atomic E-state index is 11.9. The van der Waals surface area contributed by atoms with Gasteiger partial charge in [-0.1, -0.05) is 0 Å². The number of nitrogens with zero attached hydrogens (tertiary/aromatic N) is 1. The van der Waals surface area contributed by atoms with Gasteiger partial charge in [-0.2, -0.15) is 0 Å². The van der Waals surface area contributed by atoms with Gasteiger partial charge in [0.2, 0.25) is 5.76 Å². The van der Waals surface area contributed by atoms with Crippen LogP contribution in [0.1, 0.15) is 16.2 Å². The van der Waals surface area contributed by atoms with Crippen LogP contribution >= 0.6 is 26.6 Å². The van der Waals surface area contributed by atoms with E-state index in [1.54, 1.807) is 6.92 Å². The summed E-state index contributed by atoms with van der Waals surface area (Å²) in [4.78, 5) is 15.6. The predicted molar refractivity (Wildman–Crippen MR) is 76.4 cm³/mol. The van der Waals surface area contributed by atoms with Crippen molar-refractivity contribution in [3.8, 4) is 0 Å². The fourth-order valence-corrected chi connectivity index (χ4v) is 3.71. The number of nitrogens with one attached hydrogen (secondary N) is 1. The van der Waals surface area contributed by atoms with E-state index in [0.29, 0.717) is 11.4 Å². The zero-order valence-corrected chi connectivity index (χ0v) is 13.2. The average molecular weight is 380 g/mol. The van der Waals surface area contributed by atoms with Crippen molar-refractivity contribution in [2.24, 2.45) is 0 Å². The van der Waals surface area contributed by atoms with Crippen LogP contribution in [-0.4, -0.2) is 19.3 Å². The normalized spacial score (nSPS) is 11.3. The van der Waals surface area contributed by atoms with Crippen molar-refractivity contribution in [1.29, 1.82) is 0 Å². The van der Waals surface area contributed by atoms with Gasteiger partial charge in [-0.25, -0.2) is 13.4 Å². The Morgan fingerprint density at radius 3 is 2.65 bits per heavy atom. The zero-order valence-electron chi connectivity index (χ0n) is 10.1. The van der Waals surface area contributed by atoms with Gasteiger partial charge >= 0.3 is 0 Å². The van der Waals surface area contributed by atoms with Crippen molar-refractivity contribution in [1.82, 2.24) is 4.98 Å². The zero-order chi connectivity index (χ0) is 14.9. The number of hydrogen-bond acceptors (Lipinski definition) is 5. The number of benzene rings is 1. The molecule has 6 nitrogen and oxygen atoms in total. The van der Waals surface area contributed by atoms with Crippen LogP contribution in [0.5, 0.6) is 0 Å². The number of rotatable bonds is 3. The SMILES string of the molecule is Cc1ncoc1C(=O)Nc1ccc(S(=O)(=O)Cl)c(Br)c1. The lowest BCUT2D eigenvalue weighted by molar-refractivity contribution is 0.0996. The van der Waals surface area contributed by atoms with Gasteiger partial charge in [0, 0.05) is 20.8 Å². The Bertz CT molecular complexity index is 772. The van der Waals surface area contributed by atoms with Crippen molar-refractivity contribution in [2.45, 2.75) is 11.8 Å². The summed E-state index contributed by atoms with van der Waals surface area (Å²) >= 11 is 3.09. The van der Waals surface area contributed by atoms with E-state index in [-0.39, 0.29) is 15.1 Å². The number of carbonyl (C=O) groups excluding carboxylic acids is 1. The standard InChI is InChI=1S/C11H8BrClN2O4S/c1-6-10(19-5-14-6)11(16)15-7-2-3-9(8(12)4-7)20(13,17)18/h2-5H,1H3,(H,15,16). The lowest BCUT2D eigenvalue weighted by atomic mass is 10.3. The summed E-state index contributed by atoms with van der Waals surface area (Å²) in [6.45, 7) is 1.64. The highest BCUT2D eigenvalue weighted by atomic mass is 79.9. The first-order chi connectivity index (χ1) is 9.29. The second-order valence-electron chi connectivity index (χ2n) is 3.80. The summed E-state index contributed by atoms with van der Waals surface area (Å²) in [6, 6.07) is 4.14. The van der Waals surface area contributed by atoms with E-state index in [9.17, 15) is 13.2 Å². The van der Waals surface area contributed by atoms with Gasteiger partial charge in [0.15, 0.2) is 6.39 Å². The molecule has 0 saturated heterocycles. The highest BCUT2D eigenvalue weighted by Crippen LogP contribution is 2.28. The van der Waals surface area contributed by atoms with Crippen LogP contribution in [0.25, 0.3) is 0 Å². The molecule has 0 unspecified atom stereocenters. The van der Waals surface area contributed by atoms with Crippen molar-refractivity contribution in [3.05, 3.63) is 40.5 Å². The van der Waals surface area contributed by atoms with Crippen molar-refractivity contribution in [2.75, 3.05) is 5.32 Å². The van der Waals surface area contributed by atoms with Crippen molar-refractivity contribution >= 4 is 47.3 Å². The first-order valence-electron chi connectivity index (χ1n) is 5.24. The van der Waals surface area contributed by atoms with Gasteiger partial charge in [0.05, 0.1) is 10.6 Å². The van der Waals surface area contributed by atoms with Gasteiger partial charge in [-0.3, -0.25) is 4.79 Å². The second kappa shape index (κ2) is 5.55. The molecule has 0 fully saturated rings. The molecule has 0 bridgehead atoms. The van der Waals surface area contributed by atoms with E-state index in [4.69, 9.17) is 15.1 Å². The van der Waals surface area contributed by atoms with Crippen LogP contribution in [0.2, 0.25) is 0 Å². The number of hydrogen-bond donors (Lipinski definition) is 1. The summed E-state index contributed by atoms with van der Waals surface area (Å²) in [7, 11) is 1.41. The average Bonchev–Trinajstić information content (AvgIpc) is 2.73. The minimum Gasteiger partial charge on any atom is -0.438 e. The molecule has 1 heterocycles. The molecule has 9 heteroatoms. The van der Waals surface area contributed by atoms with Gasteiger partial charge in [-0.05, 0) is 41.1 Å². The van der Waals surface area contributed by atoms with E-state index in [0.717, 1.165) is 0 Å². The molecule has 2 aromatic rings. The molecule has 0 saturated carbocycles. The van der Waals surface area contributed by atoms with Crippen LogP contribution in [-0.2, 0) is 9.05 Å². The van der Waals surface area contributed by atoms with E-state index in [1.165, 1.54) is 24.6 Å². The fourth-order valence-electron chi connectivity index (χ4n) is 1.48. The van der Waals surface area contributed by atoms with Gasteiger partial charge in [0.25, 0.3) is 15.0 Å². The second-order valence-corrected chi connectivity index (χ2v) is 7.19. The molecule has 1 N–H and O–H groups in total. The van der Waals surface area contributed by atoms with E-state index < -0.39 is 15.0 Å². The molecule has 0 radical (unpaired) electrons. The number of halogens is 2. The summed E-state index contributed by atoms with van der Waals surface area (Å²) in [5.41, 5.74) is 0.850. The molecule has 0 aliphatic heterocycles. The van der Waals surface area contributed by atoms with Crippen LogP contribution in [0.3, 0.4) is 0 Å². The number of amides is 1. The molecule has 1 aromatic heterocycles. The summed E-state index contributed by atoms with van der Waals surface area (Å²) in [5, 5.41) is 2.56. The van der Waals surface area contributed by atoms with Gasteiger partial charge in [-0.15, -0.1) is 0 Å². The molecule has 0 aliphatic rings. The molecule has 0 spiro atoms. The molecule has 0 aliphatic carbocycles. The Morgan fingerprint density at radius 1 is 1.45 bits per heavy atom. The van der Waals surface area contributed by atoms with E-state index >= 15 is 0 Å². The van der Waals surface area contributed by atoms with E-state index in [2.05, 4.69) is 26.2 Å². The maximum absolute atomic E-state index is 11.9. The quantitative estimate of drug-likeness (QED) is 0.828. The summed E-state index contributed by atoms with van der Waals surface area (Å²) in [6.07, 6.45) is 1.17. The fraction of sp³-hybridized carbons (Fsp3) is 0.0909. The van der Waals surface area contributed by atoms with Crippen LogP contribution in [0.4, 0.5) is 5.69 Å². The maximum Gasteiger partial charge on any atom is 0.293 e. The number of aryl methyl sites for hydroxylation is 1. The van der Waals surface area contributed by atoms with Crippen molar-refractivity contribution < 1.29 is 17.6 Å². The smallest absolute Gasteiger partial charge is 0.293 e. The molecule has 1 amide bonds. The first-order valence-corrected chi connectivity index (χ1v) is 8.35. The lowest BCUT2D eigenvalue weighted by Gasteiger charge is -2.06. The topological polar surface area (TPSA) is 89.3 Å². The molecule has 1 aromatic carbocycles. The Balaban J connectivity index is 2.26. The van der Waals surface area contributed by atoms with E-state index in [1.807, 2.05) is 0 Å². The third-order valence-electron chi connectivity index (χ3n) is 2.40. The minimum atomic E-state index is -3.84. The van der Waals surface area contributed by atoms with Crippen molar-refractivity contribution in [3.63, 3.8) is 0 Å². The van der Waals surface area contributed by atoms with Gasteiger partial charge < -0.3 is 9.73 Å². The molecule has 0 atom stereocenters. The van der Waals surface area contributed by atoms with Crippen LogP contribution in [0, 0.1) is 6.92 Å². The Morgan fingerprint density at radius 2 is 2.15 bits per heavy atom. The predicted octanol–water partition coefficient (Wildman–Crippen LogP) is 2.93. The monoisotopic (exact) mass is 378 g/mol. The minimum absolute atomic E-state index is 0.0759. The number of anilines is 1. The Kier molecular flexibility index (Phi) is 4.17. The van der Waals surface area contributed by atoms with Crippen LogP contribution in [0.15, 0.2) is 38.4 Å². The summed E-state index contributed by atoms with van der Waals surface area (Å²) < 4.78 is 27.7. The highest BCUT2D eigenvalue weighted by Gasteiger charge is 2.17. The van der Waals surface area contributed by atoms with Crippen LogP contribution < -0.4 is 5.32 Å². The largest absolute Gasteiger partial charge is 0.438 e. The lowest BCUT2D eigenvalue weighted by Crippen LogP contribution is -2.12. The number of aromatic nitrogens is 1. The van der Waals surface area contributed by atoms with Gasteiger partial charge in [0.1, 0.15) is 0 Å². The third kappa shape index (κ3) is 3.20. The molecule has 106 valence electrons. The molecule has 2 rings (SSSR count). The molecular weight excluding hydrogens is 372 g/mol. The Hall–Kier alpha value is -1.38. The molecule has 20 heavy (non-hydrogen) atoms. The highest BCUT2D eigenvalue weighted by molar-refractivity contribution is 9.10. The molecular formula is C11H8BrClN2O4S. The summed E-state index contributed by atoms with van der Waals surface area (Å²) in [5.74, 6) is -0.386. The number of oxazole rings is 1.